The zero-order chi connectivity index (χ0) is 24.0. The summed E-state index contributed by atoms with van der Waals surface area (Å²) < 4.78 is 24.8. The Morgan fingerprint density at radius 1 is 0.758 bits per heavy atom. The van der Waals surface area contributed by atoms with Gasteiger partial charge in [-0.2, -0.15) is 0 Å². The predicted molar refractivity (Wildman–Crippen MR) is 134 cm³/mol. The number of rotatable bonds is 10. The zero-order valence-corrected chi connectivity index (χ0v) is 20.0. The molecule has 5 nitrogen and oxygen atoms in total. The standard InChI is InChI=1S/C27H33FN2O3/c1-17-18(2)26(20-6-9-22(10-7-20)29-12-14-32-4)27(31)19(3)25(17)21-8-11-24(23(28)16-21)30-13-15-33-5/h6-11,16,29-31H,12-15H2,1-5H3. The smallest absolute Gasteiger partial charge is 0.146 e. The number of anilines is 2. The highest BCUT2D eigenvalue weighted by atomic mass is 19.1. The van der Waals surface area contributed by atoms with Crippen LogP contribution in [0.25, 0.3) is 22.3 Å². The Kier molecular flexibility index (Phi) is 8.31. The molecule has 3 rings (SSSR count). The minimum absolute atomic E-state index is 0.218. The number of benzene rings is 3. The summed E-state index contributed by atoms with van der Waals surface area (Å²) >= 11 is 0. The fourth-order valence-electron chi connectivity index (χ4n) is 4.08. The number of halogens is 1. The van der Waals surface area contributed by atoms with Gasteiger partial charge in [0.2, 0.25) is 0 Å². The lowest BCUT2D eigenvalue weighted by molar-refractivity contribution is 0.210. The summed E-state index contributed by atoms with van der Waals surface area (Å²) in [6.07, 6.45) is 0. The van der Waals surface area contributed by atoms with E-state index in [0.29, 0.717) is 25.4 Å². The van der Waals surface area contributed by atoms with Crippen LogP contribution in [-0.4, -0.2) is 45.6 Å². The number of hydrogen-bond donors (Lipinski definition) is 3. The Morgan fingerprint density at radius 2 is 1.33 bits per heavy atom. The third-order valence-electron chi connectivity index (χ3n) is 5.97. The van der Waals surface area contributed by atoms with Crippen molar-refractivity contribution < 1.29 is 19.0 Å². The minimum Gasteiger partial charge on any atom is -0.507 e. The molecule has 0 aliphatic heterocycles. The van der Waals surface area contributed by atoms with E-state index in [9.17, 15) is 9.50 Å². The van der Waals surface area contributed by atoms with Gasteiger partial charge < -0.3 is 25.2 Å². The van der Waals surface area contributed by atoms with Crippen LogP contribution in [0.4, 0.5) is 15.8 Å². The molecular formula is C27H33FN2O3. The Hall–Kier alpha value is -3.09. The van der Waals surface area contributed by atoms with Crippen LogP contribution in [0.1, 0.15) is 16.7 Å². The van der Waals surface area contributed by atoms with Crippen LogP contribution in [-0.2, 0) is 9.47 Å². The van der Waals surface area contributed by atoms with Gasteiger partial charge in [0.1, 0.15) is 11.6 Å². The molecule has 0 atom stereocenters. The van der Waals surface area contributed by atoms with Gasteiger partial charge in [0, 0.05) is 38.6 Å². The van der Waals surface area contributed by atoms with Crippen molar-refractivity contribution in [3.63, 3.8) is 0 Å². The first-order valence-electron chi connectivity index (χ1n) is 11.1. The molecule has 0 heterocycles. The number of phenolic OH excluding ortho intramolecular Hbond substituents is 1. The first-order valence-corrected chi connectivity index (χ1v) is 11.1. The molecule has 0 bridgehead atoms. The second kappa shape index (κ2) is 11.2. The quantitative estimate of drug-likeness (QED) is 0.334. The second-order valence-electron chi connectivity index (χ2n) is 8.08. The van der Waals surface area contributed by atoms with Gasteiger partial charge in [0.05, 0.1) is 18.9 Å². The molecule has 0 spiro atoms. The first kappa shape index (κ1) is 24.6. The van der Waals surface area contributed by atoms with E-state index < -0.39 is 0 Å². The van der Waals surface area contributed by atoms with E-state index in [-0.39, 0.29) is 11.6 Å². The number of hydrogen-bond acceptors (Lipinski definition) is 5. The van der Waals surface area contributed by atoms with Crippen LogP contribution in [0.2, 0.25) is 0 Å². The van der Waals surface area contributed by atoms with Crippen molar-refractivity contribution in [2.75, 3.05) is 51.2 Å². The molecule has 0 saturated heterocycles. The van der Waals surface area contributed by atoms with Crippen LogP contribution in [0.3, 0.4) is 0 Å². The van der Waals surface area contributed by atoms with E-state index in [2.05, 4.69) is 10.6 Å². The fourth-order valence-corrected chi connectivity index (χ4v) is 4.08. The number of phenols is 1. The summed E-state index contributed by atoms with van der Waals surface area (Å²) in [5.74, 6) is -0.115. The van der Waals surface area contributed by atoms with Gasteiger partial charge in [-0.25, -0.2) is 4.39 Å². The van der Waals surface area contributed by atoms with Crippen molar-refractivity contribution in [2.24, 2.45) is 0 Å². The molecule has 176 valence electrons. The lowest BCUT2D eigenvalue weighted by Gasteiger charge is -2.20. The van der Waals surface area contributed by atoms with Gasteiger partial charge >= 0.3 is 0 Å². The van der Waals surface area contributed by atoms with Gasteiger partial charge in [0.15, 0.2) is 0 Å². The predicted octanol–water partition coefficient (Wildman–Crippen LogP) is 5.91. The van der Waals surface area contributed by atoms with Crippen molar-refractivity contribution in [3.8, 4) is 28.0 Å². The minimum atomic E-state index is -0.333. The molecule has 0 aromatic heterocycles. The molecule has 0 amide bonds. The summed E-state index contributed by atoms with van der Waals surface area (Å²) in [5.41, 5.74) is 7.47. The third kappa shape index (κ3) is 5.46. The zero-order valence-electron chi connectivity index (χ0n) is 20.0. The summed E-state index contributed by atoms with van der Waals surface area (Å²) in [6, 6.07) is 13.1. The number of methoxy groups -OCH3 is 2. The molecule has 3 aromatic rings. The summed E-state index contributed by atoms with van der Waals surface area (Å²) in [6.45, 7) is 8.28. The van der Waals surface area contributed by atoms with E-state index in [1.54, 1.807) is 20.3 Å². The Labute approximate surface area is 195 Å². The maximum atomic E-state index is 14.7. The van der Waals surface area contributed by atoms with Crippen molar-refractivity contribution in [2.45, 2.75) is 20.8 Å². The molecule has 0 fully saturated rings. The van der Waals surface area contributed by atoms with Crippen LogP contribution in [0, 0.1) is 26.6 Å². The monoisotopic (exact) mass is 452 g/mol. The normalized spacial score (nSPS) is 11.0. The maximum absolute atomic E-state index is 14.7. The van der Waals surface area contributed by atoms with Crippen LogP contribution in [0.15, 0.2) is 42.5 Å². The molecule has 0 radical (unpaired) electrons. The van der Waals surface area contributed by atoms with Gasteiger partial charge in [0.25, 0.3) is 0 Å². The third-order valence-corrected chi connectivity index (χ3v) is 5.97. The number of ether oxygens (including phenoxy) is 2. The Balaban J connectivity index is 1.95. The van der Waals surface area contributed by atoms with Gasteiger partial charge in [-0.05, 0) is 78.4 Å². The van der Waals surface area contributed by atoms with E-state index >= 15 is 0 Å². The van der Waals surface area contributed by atoms with Gasteiger partial charge in [-0.1, -0.05) is 18.2 Å². The Morgan fingerprint density at radius 3 is 1.94 bits per heavy atom. The van der Waals surface area contributed by atoms with Crippen LogP contribution >= 0.6 is 0 Å². The molecule has 3 aromatic carbocycles. The van der Waals surface area contributed by atoms with Crippen molar-refractivity contribution in [1.29, 1.82) is 0 Å². The lowest BCUT2D eigenvalue weighted by Crippen LogP contribution is -2.08. The molecule has 0 aliphatic carbocycles. The van der Waals surface area contributed by atoms with Crippen molar-refractivity contribution in [3.05, 3.63) is 65.0 Å². The van der Waals surface area contributed by atoms with E-state index in [0.717, 1.165) is 51.2 Å². The second-order valence-corrected chi connectivity index (χ2v) is 8.08. The molecule has 0 saturated carbocycles. The van der Waals surface area contributed by atoms with E-state index in [1.807, 2.05) is 51.1 Å². The lowest BCUT2D eigenvalue weighted by atomic mass is 9.86. The van der Waals surface area contributed by atoms with E-state index in [1.165, 1.54) is 6.07 Å². The molecule has 33 heavy (non-hydrogen) atoms. The summed E-state index contributed by atoms with van der Waals surface area (Å²) in [4.78, 5) is 0. The van der Waals surface area contributed by atoms with Crippen molar-refractivity contribution >= 4 is 11.4 Å². The average Bonchev–Trinajstić information content (AvgIpc) is 2.81. The molecule has 0 unspecified atom stereocenters. The van der Waals surface area contributed by atoms with Gasteiger partial charge in [-0.3, -0.25) is 0 Å². The highest BCUT2D eigenvalue weighted by Crippen LogP contribution is 2.43. The molecular weight excluding hydrogens is 419 g/mol. The summed E-state index contributed by atoms with van der Waals surface area (Å²) in [5, 5.41) is 17.5. The molecule has 6 heteroatoms. The van der Waals surface area contributed by atoms with Crippen LogP contribution in [0.5, 0.6) is 5.75 Å². The number of aromatic hydroxyl groups is 1. The molecule has 0 aliphatic rings. The number of nitrogens with one attached hydrogen (secondary N) is 2. The topological polar surface area (TPSA) is 62.8 Å². The summed E-state index contributed by atoms with van der Waals surface area (Å²) in [7, 11) is 3.28. The van der Waals surface area contributed by atoms with Crippen molar-refractivity contribution in [1.82, 2.24) is 0 Å². The first-order chi connectivity index (χ1) is 15.9. The SMILES string of the molecule is COCCNc1ccc(-c2c(C)c(C)c(-c3ccc(NCCOC)c(F)c3)c(C)c2O)cc1. The van der Waals surface area contributed by atoms with Crippen LogP contribution < -0.4 is 10.6 Å². The van der Waals surface area contributed by atoms with Gasteiger partial charge in [-0.15, -0.1) is 0 Å². The largest absolute Gasteiger partial charge is 0.507 e. The molecule has 3 N–H and O–H groups in total. The van der Waals surface area contributed by atoms with E-state index in [4.69, 9.17) is 9.47 Å². The average molecular weight is 453 g/mol. The fraction of sp³-hybridized carbons (Fsp3) is 0.333. The highest BCUT2D eigenvalue weighted by Gasteiger charge is 2.20. The highest BCUT2D eigenvalue weighted by molar-refractivity contribution is 5.85. The Bertz CT molecular complexity index is 1070. The maximum Gasteiger partial charge on any atom is 0.146 e.